The summed E-state index contributed by atoms with van der Waals surface area (Å²) in [5, 5.41) is 24.3. The normalized spacial score (nSPS) is 19.6. The summed E-state index contributed by atoms with van der Waals surface area (Å²) in [4.78, 5) is 19.6. The number of aromatic nitrogens is 1. The molecular weight excluding hydrogens is 484 g/mol. The summed E-state index contributed by atoms with van der Waals surface area (Å²) < 4.78 is 5.35. The number of thiophene rings is 1. The van der Waals surface area contributed by atoms with Gasteiger partial charge in [-0.3, -0.25) is 9.78 Å². The maximum absolute atomic E-state index is 11.6. The monoisotopic (exact) mass is 516 g/mol. The molecule has 35 heavy (non-hydrogen) atoms. The Morgan fingerprint density at radius 1 is 1.31 bits per heavy atom. The zero-order valence-electron chi connectivity index (χ0n) is 20.0. The molecule has 2 aromatic heterocycles. The van der Waals surface area contributed by atoms with Crippen molar-refractivity contribution < 1.29 is 19.7 Å². The van der Waals surface area contributed by atoms with E-state index >= 15 is 0 Å². The molecule has 188 valence electrons. The van der Waals surface area contributed by atoms with Gasteiger partial charge in [0.15, 0.2) is 0 Å². The zero-order chi connectivity index (χ0) is 24.8. The second-order valence-corrected chi connectivity index (χ2v) is 10.8. The molecule has 1 aliphatic rings. The molecule has 3 atom stereocenters. The molecule has 1 aromatic carbocycles. The van der Waals surface area contributed by atoms with Crippen molar-refractivity contribution in [2.75, 3.05) is 26.7 Å². The first-order chi connectivity index (χ1) is 16.9. The van der Waals surface area contributed by atoms with E-state index in [9.17, 15) is 15.0 Å². The zero-order valence-corrected chi connectivity index (χ0v) is 21.6. The van der Waals surface area contributed by atoms with Gasteiger partial charge >= 0.3 is 5.97 Å². The predicted octanol–water partition coefficient (Wildman–Crippen LogP) is 5.82. The van der Waals surface area contributed by atoms with Gasteiger partial charge in [0, 0.05) is 29.4 Å². The highest BCUT2D eigenvalue weighted by atomic mass is 35.5. The number of aryl methyl sites for hydroxylation is 1. The van der Waals surface area contributed by atoms with Crippen LogP contribution in [0.5, 0.6) is 5.75 Å². The third-order valence-electron chi connectivity index (χ3n) is 7.13. The van der Waals surface area contributed by atoms with Crippen molar-refractivity contribution in [3.05, 3.63) is 57.4 Å². The molecule has 8 heteroatoms. The number of nitrogens with zero attached hydrogens (tertiary/aromatic N) is 2. The Hall–Kier alpha value is -2.19. The fraction of sp³-hybridized carbons (Fsp3) is 0.481. The third kappa shape index (κ3) is 6.73. The average Bonchev–Trinajstić information content (AvgIpc) is 3.26. The van der Waals surface area contributed by atoms with Crippen LogP contribution < -0.4 is 4.74 Å². The number of rotatable bonds is 11. The SMILES string of the molecule is COc1ccc2nccc([C@@H](O)CC[C@@H]3CCN(CCCc4sccc4Cl)C[C@@H]3CC(=O)O)c2c1. The first kappa shape index (κ1) is 25.9. The van der Waals surface area contributed by atoms with Crippen LogP contribution in [0.2, 0.25) is 5.02 Å². The summed E-state index contributed by atoms with van der Waals surface area (Å²) >= 11 is 7.91. The molecule has 4 rings (SSSR count). The smallest absolute Gasteiger partial charge is 0.303 e. The van der Waals surface area contributed by atoms with Crippen molar-refractivity contribution in [1.29, 1.82) is 0 Å². The van der Waals surface area contributed by atoms with E-state index in [-0.39, 0.29) is 18.3 Å². The summed E-state index contributed by atoms with van der Waals surface area (Å²) in [5.41, 5.74) is 1.66. The van der Waals surface area contributed by atoms with E-state index < -0.39 is 12.1 Å². The number of methoxy groups -OCH3 is 1. The quantitative estimate of drug-likeness (QED) is 0.334. The van der Waals surface area contributed by atoms with Crippen LogP contribution in [0, 0.1) is 11.8 Å². The van der Waals surface area contributed by atoms with Crippen molar-refractivity contribution in [3.8, 4) is 5.75 Å². The Balaban J connectivity index is 1.35. The van der Waals surface area contributed by atoms with Crippen LogP contribution in [0.15, 0.2) is 41.9 Å². The lowest BCUT2D eigenvalue weighted by Gasteiger charge is -2.38. The summed E-state index contributed by atoms with van der Waals surface area (Å²) in [5.74, 6) is 0.355. The first-order valence-corrected chi connectivity index (χ1v) is 13.5. The van der Waals surface area contributed by atoms with E-state index in [2.05, 4.69) is 9.88 Å². The van der Waals surface area contributed by atoms with Crippen molar-refractivity contribution in [3.63, 3.8) is 0 Å². The minimum Gasteiger partial charge on any atom is -0.497 e. The van der Waals surface area contributed by atoms with E-state index in [1.54, 1.807) is 24.6 Å². The van der Waals surface area contributed by atoms with Crippen LogP contribution in [0.1, 0.15) is 48.6 Å². The van der Waals surface area contributed by atoms with Gasteiger partial charge in [-0.2, -0.15) is 0 Å². The fourth-order valence-electron chi connectivity index (χ4n) is 5.25. The number of fused-ring (bicyclic) bond motifs is 1. The maximum Gasteiger partial charge on any atom is 0.303 e. The summed E-state index contributed by atoms with van der Waals surface area (Å²) in [7, 11) is 1.62. The molecule has 0 bridgehead atoms. The molecule has 3 aromatic rings. The maximum atomic E-state index is 11.6. The van der Waals surface area contributed by atoms with Gasteiger partial charge < -0.3 is 19.8 Å². The summed E-state index contributed by atoms with van der Waals surface area (Å²) in [6.45, 7) is 2.70. The molecule has 1 saturated heterocycles. The number of aliphatic carboxylic acids is 1. The average molecular weight is 517 g/mol. The second-order valence-electron chi connectivity index (χ2n) is 9.38. The van der Waals surface area contributed by atoms with Gasteiger partial charge in [-0.05, 0) is 98.3 Å². The topological polar surface area (TPSA) is 82.9 Å². The van der Waals surface area contributed by atoms with E-state index in [0.29, 0.717) is 6.42 Å². The van der Waals surface area contributed by atoms with Crippen molar-refractivity contribution in [1.82, 2.24) is 9.88 Å². The molecule has 3 heterocycles. The van der Waals surface area contributed by atoms with Crippen molar-refractivity contribution in [2.24, 2.45) is 11.8 Å². The number of likely N-dealkylation sites (tertiary alicyclic amines) is 1. The number of aliphatic hydroxyl groups excluding tert-OH is 1. The Bertz CT molecular complexity index is 1140. The van der Waals surface area contributed by atoms with Crippen LogP contribution in [-0.4, -0.2) is 52.8 Å². The lowest BCUT2D eigenvalue weighted by Crippen LogP contribution is -2.42. The molecule has 1 fully saturated rings. The Morgan fingerprint density at radius 3 is 2.91 bits per heavy atom. The molecule has 0 aliphatic carbocycles. The van der Waals surface area contributed by atoms with Crippen molar-refractivity contribution >= 4 is 39.8 Å². The van der Waals surface area contributed by atoms with Crippen LogP contribution >= 0.6 is 22.9 Å². The minimum atomic E-state index is -0.750. The van der Waals surface area contributed by atoms with E-state index in [1.165, 1.54) is 4.88 Å². The lowest BCUT2D eigenvalue weighted by atomic mass is 9.79. The van der Waals surface area contributed by atoms with E-state index in [1.807, 2.05) is 35.7 Å². The fourth-order valence-corrected chi connectivity index (χ4v) is 6.43. The van der Waals surface area contributed by atoms with Gasteiger partial charge in [0.2, 0.25) is 0 Å². The van der Waals surface area contributed by atoms with Crippen LogP contribution in [-0.2, 0) is 11.2 Å². The molecule has 0 radical (unpaired) electrons. The number of aliphatic hydroxyl groups is 1. The number of halogens is 1. The predicted molar refractivity (Wildman–Crippen MR) is 140 cm³/mol. The van der Waals surface area contributed by atoms with Crippen LogP contribution in [0.25, 0.3) is 10.9 Å². The van der Waals surface area contributed by atoms with Crippen LogP contribution in [0.4, 0.5) is 0 Å². The number of pyridine rings is 1. The molecule has 0 spiro atoms. The number of hydrogen-bond acceptors (Lipinski definition) is 6. The van der Waals surface area contributed by atoms with E-state index in [0.717, 1.165) is 72.6 Å². The van der Waals surface area contributed by atoms with E-state index in [4.69, 9.17) is 16.3 Å². The molecule has 2 N–H and O–H groups in total. The molecule has 0 saturated carbocycles. The number of ether oxygens (including phenoxy) is 1. The number of benzene rings is 1. The van der Waals surface area contributed by atoms with Gasteiger partial charge in [0.1, 0.15) is 5.75 Å². The lowest BCUT2D eigenvalue weighted by molar-refractivity contribution is -0.139. The van der Waals surface area contributed by atoms with Gasteiger partial charge in [0.05, 0.1) is 23.8 Å². The number of hydrogen-bond donors (Lipinski definition) is 2. The van der Waals surface area contributed by atoms with Crippen molar-refractivity contribution in [2.45, 2.75) is 44.6 Å². The Labute approximate surface area is 215 Å². The largest absolute Gasteiger partial charge is 0.497 e. The molecular formula is C27H33ClN2O4S. The first-order valence-electron chi connectivity index (χ1n) is 12.2. The standard InChI is InChI=1S/C27H33ClN2O4S/c1-34-20-5-6-24-22(16-20)21(8-11-29-24)25(31)7-4-18-9-13-30(17-19(18)15-27(32)33)12-2-3-26-23(28)10-14-35-26/h5-6,8,10-11,14,16,18-19,25,31H,2-4,7,9,12-13,15,17H2,1H3,(H,32,33)/t18-,19+,25+/m1/s1. The highest BCUT2D eigenvalue weighted by Gasteiger charge is 2.31. The second kappa shape index (κ2) is 12.2. The number of piperidine rings is 1. The minimum absolute atomic E-state index is 0.0908. The van der Waals surface area contributed by atoms with Gasteiger partial charge in [-0.15, -0.1) is 11.3 Å². The highest BCUT2D eigenvalue weighted by molar-refractivity contribution is 7.10. The van der Waals surface area contributed by atoms with Gasteiger partial charge in [0.25, 0.3) is 0 Å². The Morgan fingerprint density at radius 2 is 2.17 bits per heavy atom. The highest BCUT2D eigenvalue weighted by Crippen LogP contribution is 2.35. The summed E-state index contributed by atoms with van der Waals surface area (Å²) in [6.07, 6.45) is 5.58. The number of carboxylic acid groups (broad SMARTS) is 1. The molecule has 1 aliphatic heterocycles. The Kier molecular flexibility index (Phi) is 9.00. The number of carboxylic acids is 1. The van der Waals surface area contributed by atoms with Crippen LogP contribution in [0.3, 0.4) is 0 Å². The van der Waals surface area contributed by atoms with Gasteiger partial charge in [-0.1, -0.05) is 11.6 Å². The van der Waals surface area contributed by atoms with Gasteiger partial charge in [-0.25, -0.2) is 0 Å². The molecule has 0 unspecified atom stereocenters. The third-order valence-corrected chi connectivity index (χ3v) is 8.58. The number of carbonyl (C=O) groups is 1. The summed E-state index contributed by atoms with van der Waals surface area (Å²) in [6, 6.07) is 9.48. The molecule has 0 amide bonds. The molecule has 6 nitrogen and oxygen atoms in total.